The molecule has 1 aliphatic rings. The smallest absolute Gasteiger partial charge is 0.262 e. The fraction of sp³-hybridized carbons (Fsp3) is 0.174. The number of carbonyl (C=O) groups excluding carboxylic acids is 1. The maximum Gasteiger partial charge on any atom is 0.262 e. The van der Waals surface area contributed by atoms with E-state index in [0.717, 1.165) is 11.1 Å². The summed E-state index contributed by atoms with van der Waals surface area (Å²) in [5.74, 6) is 0.683. The molecule has 0 saturated heterocycles. The molecule has 2 N–H and O–H groups in total. The van der Waals surface area contributed by atoms with E-state index in [-0.39, 0.29) is 10.8 Å². The lowest BCUT2D eigenvalue weighted by Gasteiger charge is -2.19. The zero-order valence-electron chi connectivity index (χ0n) is 16.9. The summed E-state index contributed by atoms with van der Waals surface area (Å²) >= 11 is 0. The van der Waals surface area contributed by atoms with Crippen LogP contribution in [0.4, 0.5) is 5.69 Å². The zero-order chi connectivity index (χ0) is 21.8. The van der Waals surface area contributed by atoms with Gasteiger partial charge in [-0.1, -0.05) is 29.8 Å². The first-order chi connectivity index (χ1) is 14.9. The summed E-state index contributed by atoms with van der Waals surface area (Å²) in [6.07, 6.45) is 0. The van der Waals surface area contributed by atoms with Gasteiger partial charge in [0.25, 0.3) is 15.9 Å². The Balaban J connectivity index is 1.40. The van der Waals surface area contributed by atoms with Gasteiger partial charge in [0.2, 0.25) is 0 Å². The Morgan fingerprint density at radius 2 is 1.58 bits per heavy atom. The van der Waals surface area contributed by atoms with Crippen LogP contribution in [-0.4, -0.2) is 27.5 Å². The molecule has 4 rings (SSSR count). The summed E-state index contributed by atoms with van der Waals surface area (Å²) in [7, 11) is -3.82. The molecule has 31 heavy (non-hydrogen) atoms. The number of amides is 1. The van der Waals surface area contributed by atoms with Crippen LogP contribution in [0.1, 0.15) is 21.5 Å². The number of hydrogen-bond donors (Lipinski definition) is 2. The Morgan fingerprint density at radius 1 is 0.903 bits per heavy atom. The maximum atomic E-state index is 12.7. The van der Waals surface area contributed by atoms with Crippen LogP contribution in [0.15, 0.2) is 71.6 Å². The van der Waals surface area contributed by atoms with Crippen molar-refractivity contribution in [1.29, 1.82) is 0 Å². The second kappa shape index (κ2) is 8.69. The lowest BCUT2D eigenvalue weighted by molar-refractivity contribution is 0.0951. The molecule has 160 valence electrons. The van der Waals surface area contributed by atoms with E-state index in [2.05, 4.69) is 10.0 Å². The molecule has 3 aromatic carbocycles. The van der Waals surface area contributed by atoms with E-state index in [4.69, 9.17) is 9.47 Å². The molecule has 0 unspecified atom stereocenters. The van der Waals surface area contributed by atoms with E-state index in [0.29, 0.717) is 42.5 Å². The van der Waals surface area contributed by atoms with Crippen molar-refractivity contribution in [3.63, 3.8) is 0 Å². The molecule has 0 spiro atoms. The van der Waals surface area contributed by atoms with E-state index in [1.165, 1.54) is 12.1 Å². The van der Waals surface area contributed by atoms with Gasteiger partial charge in [-0.3, -0.25) is 9.52 Å². The number of anilines is 1. The zero-order valence-corrected chi connectivity index (χ0v) is 17.7. The van der Waals surface area contributed by atoms with E-state index in [1.807, 2.05) is 31.2 Å². The minimum Gasteiger partial charge on any atom is -0.486 e. The minimum absolute atomic E-state index is 0.0664. The molecule has 8 heteroatoms. The van der Waals surface area contributed by atoms with Gasteiger partial charge in [0.15, 0.2) is 11.5 Å². The van der Waals surface area contributed by atoms with Crippen molar-refractivity contribution in [2.45, 2.75) is 18.4 Å². The lowest BCUT2D eigenvalue weighted by Crippen LogP contribution is -2.22. The predicted octanol–water partition coefficient (Wildman–Crippen LogP) is 3.50. The van der Waals surface area contributed by atoms with Crippen LogP contribution in [0.3, 0.4) is 0 Å². The fourth-order valence-electron chi connectivity index (χ4n) is 3.08. The number of ether oxygens (including phenoxy) is 2. The lowest BCUT2D eigenvalue weighted by atomic mass is 10.1. The Kier molecular flexibility index (Phi) is 5.81. The van der Waals surface area contributed by atoms with E-state index in [9.17, 15) is 13.2 Å². The highest BCUT2D eigenvalue weighted by atomic mass is 32.2. The largest absolute Gasteiger partial charge is 0.486 e. The molecule has 0 bridgehead atoms. The van der Waals surface area contributed by atoms with Gasteiger partial charge in [0, 0.05) is 23.9 Å². The molecule has 0 saturated carbocycles. The molecule has 0 aromatic heterocycles. The first kappa shape index (κ1) is 20.7. The number of aryl methyl sites for hydroxylation is 1. The number of hydrogen-bond acceptors (Lipinski definition) is 5. The second-order valence-electron chi connectivity index (χ2n) is 7.16. The summed E-state index contributed by atoms with van der Waals surface area (Å²) < 4.78 is 38.8. The van der Waals surface area contributed by atoms with Crippen LogP contribution < -0.4 is 19.5 Å². The number of sulfonamides is 1. The normalized spacial score (nSPS) is 12.8. The number of nitrogens with one attached hydrogen (secondary N) is 2. The molecule has 1 amide bonds. The topological polar surface area (TPSA) is 93.7 Å². The summed E-state index contributed by atoms with van der Waals surface area (Å²) in [6.45, 7) is 3.23. The highest BCUT2D eigenvalue weighted by Gasteiger charge is 2.19. The average molecular weight is 439 g/mol. The highest BCUT2D eigenvalue weighted by Crippen LogP contribution is 2.32. The standard InChI is InChI=1S/C23H22N2O5S/c1-16-2-4-17(5-3-16)15-24-23(26)18-6-8-19(9-7-18)25-31(27,28)20-10-11-21-22(14-20)30-13-12-29-21/h2-11,14,25H,12-13,15H2,1H3,(H,24,26). The Morgan fingerprint density at radius 3 is 2.29 bits per heavy atom. The first-order valence-corrected chi connectivity index (χ1v) is 11.3. The van der Waals surface area contributed by atoms with E-state index in [1.54, 1.807) is 30.3 Å². The third kappa shape index (κ3) is 4.97. The quantitative estimate of drug-likeness (QED) is 0.614. The molecule has 1 heterocycles. The van der Waals surface area contributed by atoms with Crippen molar-refractivity contribution < 1.29 is 22.7 Å². The van der Waals surface area contributed by atoms with E-state index < -0.39 is 10.0 Å². The summed E-state index contributed by atoms with van der Waals surface area (Å²) in [6, 6.07) is 18.6. The third-order valence-electron chi connectivity index (χ3n) is 4.80. The van der Waals surface area contributed by atoms with E-state index >= 15 is 0 Å². The van der Waals surface area contributed by atoms with Gasteiger partial charge in [-0.25, -0.2) is 8.42 Å². The van der Waals surface area contributed by atoms with Gasteiger partial charge in [-0.15, -0.1) is 0 Å². The summed E-state index contributed by atoms with van der Waals surface area (Å²) in [4.78, 5) is 12.4. The van der Waals surface area contributed by atoms with Crippen LogP contribution in [0.25, 0.3) is 0 Å². The van der Waals surface area contributed by atoms with Gasteiger partial charge in [0.1, 0.15) is 13.2 Å². The number of carbonyl (C=O) groups is 1. The van der Waals surface area contributed by atoms with Gasteiger partial charge in [-0.2, -0.15) is 0 Å². The number of benzene rings is 3. The average Bonchev–Trinajstić information content (AvgIpc) is 2.78. The monoisotopic (exact) mass is 438 g/mol. The van der Waals surface area contributed by atoms with Gasteiger partial charge < -0.3 is 14.8 Å². The van der Waals surface area contributed by atoms with Crippen LogP contribution in [0.2, 0.25) is 0 Å². The summed E-state index contributed by atoms with van der Waals surface area (Å²) in [5, 5.41) is 2.85. The maximum absolute atomic E-state index is 12.7. The van der Waals surface area contributed by atoms with Crippen molar-refractivity contribution in [3.8, 4) is 11.5 Å². The highest BCUT2D eigenvalue weighted by molar-refractivity contribution is 7.92. The summed E-state index contributed by atoms with van der Waals surface area (Å²) in [5.41, 5.74) is 2.95. The fourth-order valence-corrected chi connectivity index (χ4v) is 4.16. The molecular formula is C23H22N2O5S. The Hall–Kier alpha value is -3.52. The number of fused-ring (bicyclic) bond motifs is 1. The van der Waals surface area contributed by atoms with Crippen molar-refractivity contribution in [1.82, 2.24) is 5.32 Å². The van der Waals surface area contributed by atoms with Crippen molar-refractivity contribution >= 4 is 21.6 Å². The predicted molar refractivity (Wildman–Crippen MR) is 117 cm³/mol. The Labute approximate surface area is 181 Å². The molecule has 0 radical (unpaired) electrons. The molecule has 0 aliphatic carbocycles. The molecule has 1 aliphatic heterocycles. The van der Waals surface area contributed by atoms with Crippen LogP contribution in [0.5, 0.6) is 11.5 Å². The molecule has 3 aromatic rings. The third-order valence-corrected chi connectivity index (χ3v) is 6.18. The van der Waals surface area contributed by atoms with Crippen molar-refractivity contribution in [2.75, 3.05) is 17.9 Å². The van der Waals surface area contributed by atoms with Crippen LogP contribution in [0, 0.1) is 6.92 Å². The minimum atomic E-state index is -3.82. The van der Waals surface area contributed by atoms with Gasteiger partial charge in [-0.05, 0) is 48.9 Å². The molecular weight excluding hydrogens is 416 g/mol. The van der Waals surface area contributed by atoms with Gasteiger partial charge >= 0.3 is 0 Å². The SMILES string of the molecule is Cc1ccc(CNC(=O)c2ccc(NS(=O)(=O)c3ccc4c(c3)OCCO4)cc2)cc1. The van der Waals surface area contributed by atoms with Crippen molar-refractivity contribution in [2.24, 2.45) is 0 Å². The van der Waals surface area contributed by atoms with Gasteiger partial charge in [0.05, 0.1) is 4.90 Å². The molecule has 0 fully saturated rings. The molecule has 0 atom stereocenters. The second-order valence-corrected chi connectivity index (χ2v) is 8.84. The van der Waals surface area contributed by atoms with Crippen LogP contribution in [-0.2, 0) is 16.6 Å². The first-order valence-electron chi connectivity index (χ1n) is 9.77. The van der Waals surface area contributed by atoms with Crippen LogP contribution >= 0.6 is 0 Å². The number of rotatable bonds is 6. The molecule has 7 nitrogen and oxygen atoms in total. The van der Waals surface area contributed by atoms with Crippen molar-refractivity contribution in [3.05, 3.63) is 83.4 Å². The Bertz CT molecular complexity index is 1190.